The van der Waals surface area contributed by atoms with Crippen LogP contribution < -0.4 is 9.62 Å². The molecule has 1 N–H and O–H groups in total. The Bertz CT molecular complexity index is 965. The fourth-order valence-corrected chi connectivity index (χ4v) is 4.67. The third-order valence-electron chi connectivity index (χ3n) is 5.25. The van der Waals surface area contributed by atoms with E-state index in [1.807, 2.05) is 24.0 Å². The summed E-state index contributed by atoms with van der Waals surface area (Å²) in [4.78, 5) is 14.6. The third kappa shape index (κ3) is 3.09. The predicted octanol–water partition coefficient (Wildman–Crippen LogP) is 3.49. The summed E-state index contributed by atoms with van der Waals surface area (Å²) >= 11 is 0. The van der Waals surface area contributed by atoms with Gasteiger partial charge >= 0.3 is 0 Å². The smallest absolute Gasteiger partial charge is 0.261 e. The van der Waals surface area contributed by atoms with Gasteiger partial charge in [0, 0.05) is 23.8 Å². The van der Waals surface area contributed by atoms with Gasteiger partial charge in [0.15, 0.2) is 0 Å². The highest BCUT2D eigenvalue weighted by atomic mass is 32.2. The van der Waals surface area contributed by atoms with Crippen molar-refractivity contribution in [2.75, 3.05) is 16.2 Å². The van der Waals surface area contributed by atoms with Gasteiger partial charge in [0.05, 0.1) is 4.90 Å². The Morgan fingerprint density at radius 3 is 2.65 bits per heavy atom. The zero-order chi connectivity index (χ0) is 18.3. The van der Waals surface area contributed by atoms with Crippen molar-refractivity contribution in [1.82, 2.24) is 0 Å². The molecule has 0 saturated heterocycles. The average molecular weight is 370 g/mol. The number of benzene rings is 2. The van der Waals surface area contributed by atoms with Gasteiger partial charge in [0.2, 0.25) is 5.91 Å². The molecule has 6 heteroatoms. The Balaban J connectivity index is 1.58. The summed E-state index contributed by atoms with van der Waals surface area (Å²) in [7, 11) is -3.65. The largest absolute Gasteiger partial charge is 0.312 e. The van der Waals surface area contributed by atoms with Gasteiger partial charge in [-0.1, -0.05) is 18.6 Å². The molecule has 136 valence electrons. The van der Waals surface area contributed by atoms with Gasteiger partial charge < -0.3 is 4.90 Å². The summed E-state index contributed by atoms with van der Waals surface area (Å²) in [5.41, 5.74) is 3.32. The van der Waals surface area contributed by atoms with Crippen molar-refractivity contribution >= 4 is 27.3 Å². The fourth-order valence-electron chi connectivity index (χ4n) is 3.57. The van der Waals surface area contributed by atoms with Crippen LogP contribution in [0.25, 0.3) is 0 Å². The Morgan fingerprint density at radius 2 is 1.96 bits per heavy atom. The molecule has 0 unspecified atom stereocenters. The lowest BCUT2D eigenvalue weighted by Gasteiger charge is -2.29. The second-order valence-electron chi connectivity index (χ2n) is 7.13. The number of nitrogens with zero attached hydrogens (tertiary/aromatic N) is 1. The number of fused-ring (bicyclic) bond motifs is 1. The van der Waals surface area contributed by atoms with Crippen molar-refractivity contribution in [2.45, 2.75) is 37.5 Å². The lowest BCUT2D eigenvalue weighted by atomic mass is 9.84. The summed E-state index contributed by atoms with van der Waals surface area (Å²) in [6.45, 7) is 2.56. The van der Waals surface area contributed by atoms with Gasteiger partial charge in [-0.2, -0.15) is 0 Å². The lowest BCUT2D eigenvalue weighted by molar-refractivity contribution is -0.124. The molecule has 1 saturated carbocycles. The van der Waals surface area contributed by atoms with Crippen LogP contribution in [0.3, 0.4) is 0 Å². The molecule has 1 fully saturated rings. The van der Waals surface area contributed by atoms with E-state index in [0.29, 0.717) is 18.7 Å². The van der Waals surface area contributed by atoms with Gasteiger partial charge in [-0.15, -0.1) is 0 Å². The second-order valence-corrected chi connectivity index (χ2v) is 8.82. The Hall–Kier alpha value is -2.34. The number of rotatable bonds is 4. The minimum atomic E-state index is -3.65. The molecular weight excluding hydrogens is 348 g/mol. The first-order chi connectivity index (χ1) is 12.4. The number of carbonyl (C=O) groups excluding carboxylic acids is 1. The van der Waals surface area contributed by atoms with Crippen molar-refractivity contribution in [3.8, 4) is 0 Å². The van der Waals surface area contributed by atoms with Crippen LogP contribution in [0.15, 0.2) is 47.4 Å². The number of aryl methyl sites for hydroxylation is 1. The van der Waals surface area contributed by atoms with Gasteiger partial charge in [-0.3, -0.25) is 9.52 Å². The van der Waals surface area contributed by atoms with E-state index in [4.69, 9.17) is 0 Å². The molecule has 0 aromatic heterocycles. The van der Waals surface area contributed by atoms with Crippen LogP contribution >= 0.6 is 0 Å². The maximum Gasteiger partial charge on any atom is 0.261 e. The minimum absolute atomic E-state index is 0.146. The molecule has 5 nitrogen and oxygen atoms in total. The molecule has 0 radical (unpaired) electrons. The van der Waals surface area contributed by atoms with E-state index in [1.54, 1.807) is 30.3 Å². The molecule has 1 aliphatic heterocycles. The van der Waals surface area contributed by atoms with Crippen molar-refractivity contribution in [3.05, 3.63) is 53.6 Å². The van der Waals surface area contributed by atoms with E-state index in [0.717, 1.165) is 36.1 Å². The third-order valence-corrected chi connectivity index (χ3v) is 6.63. The van der Waals surface area contributed by atoms with Gasteiger partial charge in [0.25, 0.3) is 10.0 Å². The first-order valence-corrected chi connectivity index (χ1v) is 10.5. The predicted molar refractivity (Wildman–Crippen MR) is 102 cm³/mol. The highest BCUT2D eigenvalue weighted by molar-refractivity contribution is 7.92. The monoisotopic (exact) mass is 370 g/mol. The number of amides is 1. The maximum atomic E-state index is 12.7. The van der Waals surface area contributed by atoms with E-state index in [1.165, 1.54) is 0 Å². The maximum absolute atomic E-state index is 12.7. The van der Waals surface area contributed by atoms with Crippen molar-refractivity contribution in [3.63, 3.8) is 0 Å². The quantitative estimate of drug-likeness (QED) is 0.896. The highest BCUT2D eigenvalue weighted by Crippen LogP contribution is 2.35. The molecule has 2 aliphatic rings. The first-order valence-electron chi connectivity index (χ1n) is 8.98. The molecule has 0 bridgehead atoms. The molecule has 4 rings (SSSR count). The summed E-state index contributed by atoms with van der Waals surface area (Å²) in [5.74, 6) is 0.329. The van der Waals surface area contributed by atoms with Crippen LogP contribution in [-0.2, 0) is 21.2 Å². The topological polar surface area (TPSA) is 66.5 Å². The summed E-state index contributed by atoms with van der Waals surface area (Å²) < 4.78 is 28.0. The van der Waals surface area contributed by atoms with Crippen molar-refractivity contribution in [1.29, 1.82) is 0 Å². The summed E-state index contributed by atoms with van der Waals surface area (Å²) in [6, 6.07) is 12.3. The van der Waals surface area contributed by atoms with E-state index in [9.17, 15) is 13.2 Å². The van der Waals surface area contributed by atoms with Gasteiger partial charge in [-0.05, 0) is 67.6 Å². The summed E-state index contributed by atoms with van der Waals surface area (Å²) in [6.07, 6.45) is 3.76. The van der Waals surface area contributed by atoms with Crippen LogP contribution in [0, 0.1) is 12.8 Å². The number of sulfonamides is 1. The van der Waals surface area contributed by atoms with Crippen molar-refractivity contribution in [2.24, 2.45) is 5.92 Å². The van der Waals surface area contributed by atoms with E-state index < -0.39 is 10.0 Å². The number of nitrogens with one attached hydrogen (secondary N) is 1. The number of carbonyl (C=O) groups is 1. The van der Waals surface area contributed by atoms with Crippen molar-refractivity contribution < 1.29 is 13.2 Å². The van der Waals surface area contributed by atoms with E-state index >= 15 is 0 Å². The second kappa shape index (κ2) is 6.43. The molecule has 0 atom stereocenters. The Morgan fingerprint density at radius 1 is 1.15 bits per heavy atom. The standard InChI is InChI=1S/C20H22N2O3S/c1-14-4-2-7-17(12-14)21-26(24,25)18-8-9-19-16(13-18)10-11-22(19)20(23)15-5-3-6-15/h2,4,7-9,12-13,15,21H,3,5-6,10-11H2,1H3. The molecule has 26 heavy (non-hydrogen) atoms. The molecule has 2 aromatic carbocycles. The van der Waals surface area contributed by atoms with Gasteiger partial charge in [-0.25, -0.2) is 8.42 Å². The number of hydrogen-bond donors (Lipinski definition) is 1. The molecule has 1 amide bonds. The fraction of sp³-hybridized carbons (Fsp3) is 0.350. The van der Waals surface area contributed by atoms with E-state index in [-0.39, 0.29) is 16.7 Å². The Kier molecular flexibility index (Phi) is 4.23. The highest BCUT2D eigenvalue weighted by Gasteiger charge is 2.33. The number of hydrogen-bond acceptors (Lipinski definition) is 3. The van der Waals surface area contributed by atoms with E-state index in [2.05, 4.69) is 4.72 Å². The van der Waals surface area contributed by atoms with Crippen LogP contribution in [0.5, 0.6) is 0 Å². The van der Waals surface area contributed by atoms with Crippen LogP contribution in [0.4, 0.5) is 11.4 Å². The zero-order valence-corrected chi connectivity index (χ0v) is 15.6. The normalized spacial score (nSPS) is 16.9. The zero-order valence-electron chi connectivity index (χ0n) is 14.7. The van der Waals surface area contributed by atoms with Gasteiger partial charge in [0.1, 0.15) is 0 Å². The lowest BCUT2D eigenvalue weighted by Crippen LogP contribution is -2.37. The minimum Gasteiger partial charge on any atom is -0.312 e. The van der Waals surface area contributed by atoms with Crippen LogP contribution in [0.2, 0.25) is 0 Å². The molecule has 2 aromatic rings. The van der Waals surface area contributed by atoms with Crippen LogP contribution in [-0.4, -0.2) is 20.9 Å². The van der Waals surface area contributed by atoms with Crippen LogP contribution in [0.1, 0.15) is 30.4 Å². The number of anilines is 2. The first kappa shape index (κ1) is 17.1. The Labute approximate surface area is 154 Å². The molecule has 1 heterocycles. The average Bonchev–Trinajstić information content (AvgIpc) is 2.95. The molecular formula is C20H22N2O3S. The summed E-state index contributed by atoms with van der Waals surface area (Å²) in [5, 5.41) is 0. The molecule has 0 spiro atoms. The SMILES string of the molecule is Cc1cccc(NS(=O)(=O)c2ccc3c(c2)CCN3C(=O)C2CCC2)c1. The molecule has 1 aliphatic carbocycles.